The molecule has 5 rings (SSSR count). The van der Waals surface area contributed by atoms with E-state index < -0.39 is 5.60 Å². The van der Waals surface area contributed by atoms with E-state index >= 15 is 0 Å². The topological polar surface area (TPSA) is 122 Å². The summed E-state index contributed by atoms with van der Waals surface area (Å²) in [5.74, 6) is 0.938. The summed E-state index contributed by atoms with van der Waals surface area (Å²) in [6.45, 7) is 6.11. The number of H-pyrrole nitrogens is 1. The lowest BCUT2D eigenvalue weighted by Crippen LogP contribution is -2.49. The normalized spacial score (nSPS) is 16.0. The average Bonchev–Trinajstić information content (AvgIpc) is 3.56. The van der Waals surface area contributed by atoms with Gasteiger partial charge >= 0.3 is 0 Å². The van der Waals surface area contributed by atoms with Gasteiger partial charge in [-0.15, -0.1) is 0 Å². The molecule has 0 unspecified atom stereocenters. The summed E-state index contributed by atoms with van der Waals surface area (Å²) >= 11 is 0. The molecule has 1 aliphatic heterocycles. The first-order valence-corrected chi connectivity index (χ1v) is 12.3. The van der Waals surface area contributed by atoms with Crippen molar-refractivity contribution in [2.24, 2.45) is 12.0 Å². The fourth-order valence-electron chi connectivity index (χ4n) is 4.83. The van der Waals surface area contributed by atoms with Crippen LogP contribution in [0, 0.1) is 18.2 Å². The molecule has 3 N–H and O–H groups in total. The molecule has 38 heavy (non-hydrogen) atoms. The first-order valence-electron chi connectivity index (χ1n) is 12.3. The number of anilines is 1. The molecule has 1 aromatic carbocycles. The highest BCUT2D eigenvalue weighted by molar-refractivity contribution is 6.01. The Balaban J connectivity index is 1.27. The molecule has 196 valence electrons. The molecule has 0 saturated carbocycles. The van der Waals surface area contributed by atoms with Crippen molar-refractivity contribution in [2.75, 3.05) is 31.1 Å². The monoisotopic (exact) mass is 515 g/mol. The number of aliphatic hydroxyl groups is 1. The van der Waals surface area contributed by atoms with E-state index in [-0.39, 0.29) is 5.82 Å². The predicted octanol–water partition coefficient (Wildman–Crippen LogP) is 3.08. The minimum Gasteiger partial charge on any atom is -0.381 e. The lowest BCUT2D eigenvalue weighted by atomic mass is 9.87. The zero-order valence-electron chi connectivity index (χ0n) is 21.6. The van der Waals surface area contributed by atoms with Crippen LogP contribution in [0.4, 0.5) is 10.3 Å². The van der Waals surface area contributed by atoms with E-state index in [1.807, 2.05) is 31.7 Å². The Morgan fingerprint density at radius 3 is 2.50 bits per heavy atom. The highest BCUT2D eigenvalue weighted by atomic mass is 19.1. The van der Waals surface area contributed by atoms with Crippen LogP contribution in [0.25, 0.3) is 11.1 Å². The number of halogens is 1. The maximum Gasteiger partial charge on any atom is 0.225 e. The van der Waals surface area contributed by atoms with Gasteiger partial charge in [0, 0.05) is 74.7 Å². The average molecular weight is 516 g/mol. The number of aryl methyl sites for hydroxylation is 2. The van der Waals surface area contributed by atoms with Crippen LogP contribution in [-0.2, 0) is 12.6 Å². The Labute approximate surface area is 220 Å². The molecule has 0 spiro atoms. The molecule has 11 heteroatoms. The van der Waals surface area contributed by atoms with Gasteiger partial charge in [0.25, 0.3) is 0 Å². The minimum atomic E-state index is -1.35. The summed E-state index contributed by atoms with van der Waals surface area (Å²) in [6, 6.07) is 6.35. The maximum atomic E-state index is 13.5. The third-order valence-electron chi connectivity index (χ3n) is 6.92. The molecule has 1 fully saturated rings. The molecule has 3 aromatic heterocycles. The Bertz CT molecular complexity index is 1460. The molecule has 0 amide bonds. The number of aromatic nitrogens is 5. The first kappa shape index (κ1) is 25.3. The van der Waals surface area contributed by atoms with Crippen LogP contribution in [0.15, 0.2) is 60.2 Å². The number of nitrogens with one attached hydrogen (secondary N) is 2. The number of hydrogen-bond acceptors (Lipinski definition) is 6. The summed E-state index contributed by atoms with van der Waals surface area (Å²) in [5, 5.41) is 23.0. The van der Waals surface area contributed by atoms with Gasteiger partial charge in [0.2, 0.25) is 5.95 Å². The number of hydrogen-bond donors (Lipinski definition) is 3. The van der Waals surface area contributed by atoms with Crippen molar-refractivity contribution in [1.29, 1.82) is 5.41 Å². The molecular formula is C27H30FN9O. The molecule has 1 atom stereocenters. The summed E-state index contributed by atoms with van der Waals surface area (Å²) in [4.78, 5) is 20.9. The summed E-state index contributed by atoms with van der Waals surface area (Å²) in [5.41, 5.74) is 3.29. The van der Waals surface area contributed by atoms with Crippen LogP contribution >= 0.6 is 0 Å². The van der Waals surface area contributed by atoms with Crippen LogP contribution in [0.3, 0.4) is 0 Å². The lowest BCUT2D eigenvalue weighted by Gasteiger charge is -2.36. The predicted molar refractivity (Wildman–Crippen MR) is 144 cm³/mol. The quantitative estimate of drug-likeness (QED) is 0.268. The van der Waals surface area contributed by atoms with Crippen molar-refractivity contribution in [3.05, 3.63) is 83.5 Å². The van der Waals surface area contributed by atoms with Crippen LogP contribution in [0.2, 0.25) is 0 Å². The number of nitrogens with zero attached hydrogens (tertiary/aromatic N) is 7. The molecule has 4 aromatic rings. The van der Waals surface area contributed by atoms with E-state index in [4.69, 9.17) is 5.41 Å². The first-order chi connectivity index (χ1) is 18.3. The van der Waals surface area contributed by atoms with Gasteiger partial charge in [0.15, 0.2) is 5.84 Å². The maximum absolute atomic E-state index is 13.5. The largest absolute Gasteiger partial charge is 0.381 e. The number of aliphatic imine (C=N–C) groups is 1. The van der Waals surface area contributed by atoms with Gasteiger partial charge in [0.05, 0.1) is 11.9 Å². The molecule has 0 bridgehead atoms. The second-order valence-corrected chi connectivity index (χ2v) is 9.56. The highest BCUT2D eigenvalue weighted by Gasteiger charge is 2.29. The third-order valence-corrected chi connectivity index (χ3v) is 6.92. The molecule has 4 heterocycles. The Hall–Kier alpha value is -4.38. The van der Waals surface area contributed by atoms with Gasteiger partial charge in [-0.05, 0) is 43.2 Å². The van der Waals surface area contributed by atoms with E-state index in [0.29, 0.717) is 54.7 Å². The molecular weight excluding hydrogens is 485 g/mol. The zero-order valence-corrected chi connectivity index (χ0v) is 21.6. The Morgan fingerprint density at radius 2 is 1.87 bits per heavy atom. The fourth-order valence-corrected chi connectivity index (χ4v) is 4.83. The second kappa shape index (κ2) is 10.2. The van der Waals surface area contributed by atoms with Gasteiger partial charge < -0.3 is 19.9 Å². The minimum absolute atomic E-state index is 0.341. The van der Waals surface area contributed by atoms with Crippen LogP contribution < -0.4 is 4.90 Å². The Kier molecular flexibility index (Phi) is 6.77. The molecule has 10 nitrogen and oxygen atoms in total. The van der Waals surface area contributed by atoms with E-state index in [1.54, 1.807) is 37.0 Å². The van der Waals surface area contributed by atoms with Crippen molar-refractivity contribution < 1.29 is 9.50 Å². The second-order valence-electron chi connectivity index (χ2n) is 9.56. The number of amidine groups is 1. The summed E-state index contributed by atoms with van der Waals surface area (Å²) in [7, 11) is 1.88. The van der Waals surface area contributed by atoms with E-state index in [2.05, 4.69) is 34.8 Å². The number of benzene rings is 1. The summed E-state index contributed by atoms with van der Waals surface area (Å²) < 4.78 is 15.3. The van der Waals surface area contributed by atoms with Crippen molar-refractivity contribution in [1.82, 2.24) is 29.6 Å². The fraction of sp³-hybridized carbons (Fsp3) is 0.296. The lowest BCUT2D eigenvalue weighted by molar-refractivity contribution is 0.101. The van der Waals surface area contributed by atoms with Gasteiger partial charge in [-0.2, -0.15) is 5.10 Å². The third kappa shape index (κ3) is 4.92. The summed E-state index contributed by atoms with van der Waals surface area (Å²) in [6.07, 6.45) is 9.98. The molecule has 0 aliphatic carbocycles. The van der Waals surface area contributed by atoms with Crippen LogP contribution in [0.5, 0.6) is 0 Å². The van der Waals surface area contributed by atoms with E-state index in [0.717, 1.165) is 23.2 Å². The SMILES string of the molecule is Cc1cc(F)ccc1[C@](C)(O)c1cnc(N2CCN(/C(=N/C=N)c3cc(-c4cnn(C)c4)c[nH]3)CC2)nc1. The van der Waals surface area contributed by atoms with Gasteiger partial charge in [-0.1, -0.05) is 6.07 Å². The number of rotatable bonds is 6. The van der Waals surface area contributed by atoms with Gasteiger partial charge in [-0.3, -0.25) is 10.1 Å². The Morgan fingerprint density at radius 1 is 1.13 bits per heavy atom. The van der Waals surface area contributed by atoms with Crippen LogP contribution in [-0.4, -0.2) is 73.1 Å². The van der Waals surface area contributed by atoms with Gasteiger partial charge in [-0.25, -0.2) is 19.4 Å². The molecule has 1 aliphatic rings. The van der Waals surface area contributed by atoms with Gasteiger partial charge in [0.1, 0.15) is 17.8 Å². The van der Waals surface area contributed by atoms with E-state index in [1.165, 1.54) is 12.1 Å². The van der Waals surface area contributed by atoms with Crippen molar-refractivity contribution in [3.63, 3.8) is 0 Å². The molecule has 1 saturated heterocycles. The molecule has 0 radical (unpaired) electrons. The van der Waals surface area contributed by atoms with Crippen molar-refractivity contribution >= 4 is 18.1 Å². The highest BCUT2D eigenvalue weighted by Crippen LogP contribution is 2.31. The van der Waals surface area contributed by atoms with Crippen molar-refractivity contribution in [2.45, 2.75) is 19.4 Å². The zero-order chi connectivity index (χ0) is 26.9. The smallest absolute Gasteiger partial charge is 0.225 e. The van der Waals surface area contributed by atoms with E-state index in [9.17, 15) is 9.50 Å². The van der Waals surface area contributed by atoms with Crippen molar-refractivity contribution in [3.8, 4) is 11.1 Å². The number of aromatic amines is 1. The number of piperazine rings is 1. The van der Waals surface area contributed by atoms with Crippen LogP contribution in [0.1, 0.15) is 29.3 Å². The standard InChI is InChI=1S/C27H30FN9O/c1-18-10-22(28)4-5-23(18)27(2,38)21-14-31-26(32-15-21)37-8-6-36(7-9-37)25(33-17-29)24-11-19(12-30-24)20-13-34-35(3)16-20/h4-5,10-17,29-30,38H,6-9H2,1-3H3/b29-17?,33-25+/t27-/m1/s1.